The Balaban J connectivity index is 1.59. The zero-order valence-corrected chi connectivity index (χ0v) is 22.3. The number of hydrogen-bond donors (Lipinski definition) is 3. The number of aromatic nitrogens is 1. The molecule has 0 bridgehead atoms. The normalized spacial score (nSPS) is 12.4. The SMILES string of the molecule is CC(C)COc1cc(-c2ccc(CCCNC[C@H](O)c3cccnc3)cc2)ccc1C(=O)NS(C)(=O)=O. The molecule has 8 nitrogen and oxygen atoms in total. The molecule has 0 saturated heterocycles. The van der Waals surface area contributed by atoms with Crippen LogP contribution in [0.5, 0.6) is 5.75 Å². The first kappa shape index (κ1) is 28.3. The fourth-order valence-corrected chi connectivity index (χ4v) is 4.15. The number of aryl methyl sites for hydroxylation is 1. The van der Waals surface area contributed by atoms with Crippen LogP contribution in [-0.4, -0.2) is 50.4 Å². The molecule has 1 heterocycles. The minimum Gasteiger partial charge on any atom is -0.492 e. The Morgan fingerprint density at radius 1 is 1.08 bits per heavy atom. The molecule has 1 atom stereocenters. The summed E-state index contributed by atoms with van der Waals surface area (Å²) in [7, 11) is -3.69. The Morgan fingerprint density at radius 2 is 1.81 bits per heavy atom. The summed E-state index contributed by atoms with van der Waals surface area (Å²) in [5, 5.41) is 13.5. The van der Waals surface area contributed by atoms with Crippen LogP contribution in [0.3, 0.4) is 0 Å². The third-order valence-corrected chi connectivity index (χ3v) is 6.15. The summed E-state index contributed by atoms with van der Waals surface area (Å²) in [4.78, 5) is 16.5. The highest BCUT2D eigenvalue weighted by Gasteiger charge is 2.18. The molecule has 1 aromatic heterocycles. The van der Waals surface area contributed by atoms with Crippen LogP contribution in [0.25, 0.3) is 11.1 Å². The summed E-state index contributed by atoms with van der Waals surface area (Å²) in [6, 6.07) is 17.0. The van der Waals surface area contributed by atoms with Gasteiger partial charge in [-0.2, -0.15) is 0 Å². The molecule has 1 amide bonds. The zero-order valence-electron chi connectivity index (χ0n) is 21.5. The number of amides is 1. The highest BCUT2D eigenvalue weighted by atomic mass is 32.2. The fourth-order valence-electron chi connectivity index (χ4n) is 3.70. The van der Waals surface area contributed by atoms with Crippen molar-refractivity contribution in [3.05, 3.63) is 83.7 Å². The number of pyridine rings is 1. The van der Waals surface area contributed by atoms with Crippen LogP contribution in [0.2, 0.25) is 0 Å². The number of sulfonamides is 1. The molecule has 0 fully saturated rings. The average molecular weight is 526 g/mol. The predicted molar refractivity (Wildman–Crippen MR) is 145 cm³/mol. The van der Waals surface area contributed by atoms with Crippen molar-refractivity contribution < 1.29 is 23.1 Å². The molecule has 3 N–H and O–H groups in total. The van der Waals surface area contributed by atoms with E-state index in [0.29, 0.717) is 18.9 Å². The van der Waals surface area contributed by atoms with E-state index in [2.05, 4.69) is 22.4 Å². The molecule has 198 valence electrons. The number of ether oxygens (including phenoxy) is 1. The van der Waals surface area contributed by atoms with E-state index in [-0.39, 0.29) is 11.5 Å². The van der Waals surface area contributed by atoms with Gasteiger partial charge < -0.3 is 15.2 Å². The first-order valence-corrected chi connectivity index (χ1v) is 14.2. The highest BCUT2D eigenvalue weighted by molar-refractivity contribution is 7.89. The summed E-state index contributed by atoms with van der Waals surface area (Å²) >= 11 is 0. The highest BCUT2D eigenvalue weighted by Crippen LogP contribution is 2.28. The van der Waals surface area contributed by atoms with E-state index in [1.165, 1.54) is 5.56 Å². The van der Waals surface area contributed by atoms with Gasteiger partial charge in [0.05, 0.1) is 24.5 Å². The standard InChI is InChI=1S/C28H35N3O5S/c1-20(2)19-36-27-16-23(12-13-25(27)28(33)31-37(3,34)35)22-10-8-21(9-11-22)6-4-14-30-18-26(32)24-7-5-15-29-17-24/h5,7-13,15-17,20,26,30,32H,4,6,14,18-19H2,1-3H3,(H,31,33)/t26-/m0/s1. The number of hydrogen-bond acceptors (Lipinski definition) is 7. The average Bonchev–Trinajstić information content (AvgIpc) is 2.87. The monoisotopic (exact) mass is 525 g/mol. The van der Waals surface area contributed by atoms with Gasteiger partial charge in [0.25, 0.3) is 5.91 Å². The van der Waals surface area contributed by atoms with E-state index < -0.39 is 22.0 Å². The molecule has 2 aromatic carbocycles. The molecule has 0 saturated carbocycles. The minimum atomic E-state index is -3.69. The number of aliphatic hydroxyl groups is 1. The van der Waals surface area contributed by atoms with Crippen molar-refractivity contribution in [2.24, 2.45) is 5.92 Å². The summed E-state index contributed by atoms with van der Waals surface area (Å²) in [6.45, 7) is 5.65. The van der Waals surface area contributed by atoms with Gasteiger partial charge in [0.2, 0.25) is 10.0 Å². The van der Waals surface area contributed by atoms with Crippen molar-refractivity contribution in [3.8, 4) is 16.9 Å². The van der Waals surface area contributed by atoms with E-state index in [0.717, 1.165) is 42.3 Å². The van der Waals surface area contributed by atoms with Gasteiger partial charge in [-0.15, -0.1) is 0 Å². The van der Waals surface area contributed by atoms with Crippen LogP contribution >= 0.6 is 0 Å². The van der Waals surface area contributed by atoms with Gasteiger partial charge in [-0.1, -0.05) is 50.2 Å². The molecular weight excluding hydrogens is 490 g/mol. The summed E-state index contributed by atoms with van der Waals surface area (Å²) in [5.41, 5.74) is 4.00. The molecule has 3 aromatic rings. The van der Waals surface area contributed by atoms with Crippen LogP contribution < -0.4 is 14.8 Å². The Labute approximate surface area is 219 Å². The Hall–Kier alpha value is -3.27. The van der Waals surface area contributed by atoms with Gasteiger partial charge in [-0.25, -0.2) is 13.1 Å². The molecule has 9 heteroatoms. The van der Waals surface area contributed by atoms with Crippen LogP contribution in [-0.2, 0) is 16.4 Å². The number of nitrogens with one attached hydrogen (secondary N) is 2. The summed E-state index contributed by atoms with van der Waals surface area (Å²) in [5.74, 6) is -0.137. The van der Waals surface area contributed by atoms with Crippen molar-refractivity contribution in [2.45, 2.75) is 32.8 Å². The van der Waals surface area contributed by atoms with Crippen molar-refractivity contribution in [3.63, 3.8) is 0 Å². The Morgan fingerprint density at radius 3 is 2.46 bits per heavy atom. The molecule has 0 radical (unpaired) electrons. The first-order valence-electron chi connectivity index (χ1n) is 12.3. The number of carbonyl (C=O) groups is 1. The van der Waals surface area contributed by atoms with E-state index >= 15 is 0 Å². The van der Waals surface area contributed by atoms with Crippen LogP contribution in [0.15, 0.2) is 67.0 Å². The second kappa shape index (κ2) is 13.3. The van der Waals surface area contributed by atoms with Crippen molar-refractivity contribution in [2.75, 3.05) is 26.0 Å². The van der Waals surface area contributed by atoms with Crippen molar-refractivity contribution in [1.29, 1.82) is 0 Å². The van der Waals surface area contributed by atoms with Crippen LogP contribution in [0.4, 0.5) is 0 Å². The van der Waals surface area contributed by atoms with Gasteiger partial charge in [0, 0.05) is 24.5 Å². The maximum absolute atomic E-state index is 12.5. The third kappa shape index (κ3) is 9.27. The lowest BCUT2D eigenvalue weighted by molar-refractivity contribution is 0.0977. The second-order valence-electron chi connectivity index (χ2n) is 9.43. The maximum Gasteiger partial charge on any atom is 0.268 e. The number of aliphatic hydroxyl groups excluding tert-OH is 1. The number of carbonyl (C=O) groups excluding carboxylic acids is 1. The number of rotatable bonds is 13. The molecule has 3 rings (SSSR count). The lowest BCUT2D eigenvalue weighted by atomic mass is 10.00. The molecular formula is C28H35N3O5S. The lowest BCUT2D eigenvalue weighted by Crippen LogP contribution is -2.29. The second-order valence-corrected chi connectivity index (χ2v) is 11.2. The predicted octanol–water partition coefficient (Wildman–Crippen LogP) is 3.73. The van der Waals surface area contributed by atoms with Crippen LogP contribution in [0.1, 0.15) is 47.9 Å². The van der Waals surface area contributed by atoms with Gasteiger partial charge >= 0.3 is 0 Å². The Kier molecular flexibility index (Phi) is 10.2. The molecule has 37 heavy (non-hydrogen) atoms. The zero-order chi connectivity index (χ0) is 26.8. The van der Waals surface area contributed by atoms with Crippen molar-refractivity contribution in [1.82, 2.24) is 15.0 Å². The number of benzene rings is 2. The Bertz CT molecular complexity index is 1260. The number of nitrogens with zero attached hydrogens (tertiary/aromatic N) is 1. The topological polar surface area (TPSA) is 118 Å². The summed E-state index contributed by atoms with van der Waals surface area (Å²) < 4.78 is 30.9. The molecule has 0 aliphatic heterocycles. The van der Waals surface area contributed by atoms with E-state index in [9.17, 15) is 18.3 Å². The van der Waals surface area contributed by atoms with Gasteiger partial charge in [0.1, 0.15) is 5.75 Å². The van der Waals surface area contributed by atoms with E-state index in [1.807, 2.05) is 42.8 Å². The van der Waals surface area contributed by atoms with Gasteiger partial charge in [-0.05, 0) is 60.2 Å². The maximum atomic E-state index is 12.5. The van der Waals surface area contributed by atoms with E-state index in [4.69, 9.17) is 4.74 Å². The molecule has 0 spiro atoms. The van der Waals surface area contributed by atoms with Gasteiger partial charge in [0.15, 0.2) is 0 Å². The lowest BCUT2D eigenvalue weighted by Gasteiger charge is -2.15. The van der Waals surface area contributed by atoms with E-state index in [1.54, 1.807) is 30.6 Å². The molecule has 0 unspecified atom stereocenters. The third-order valence-electron chi connectivity index (χ3n) is 5.59. The van der Waals surface area contributed by atoms with Crippen LogP contribution in [0, 0.1) is 5.92 Å². The van der Waals surface area contributed by atoms with Crippen molar-refractivity contribution >= 4 is 15.9 Å². The van der Waals surface area contributed by atoms with Gasteiger partial charge in [-0.3, -0.25) is 9.78 Å². The largest absolute Gasteiger partial charge is 0.492 e. The fraction of sp³-hybridized carbons (Fsp3) is 0.357. The first-order chi connectivity index (χ1) is 17.6. The smallest absolute Gasteiger partial charge is 0.268 e. The molecule has 0 aliphatic carbocycles. The summed E-state index contributed by atoms with van der Waals surface area (Å²) in [6.07, 6.45) is 5.54. The minimum absolute atomic E-state index is 0.174. The molecule has 0 aliphatic rings. The quantitative estimate of drug-likeness (QED) is 0.291.